The number of benzene rings is 4. The number of carbonyl (C=O) groups is 1. The van der Waals surface area contributed by atoms with Gasteiger partial charge in [-0.3, -0.25) is 13.6 Å². The first-order chi connectivity index (χ1) is 20.0. The molecule has 5 aromatic rings. The number of halogens is 1. The Morgan fingerprint density at radius 2 is 1.34 bits per heavy atom. The minimum absolute atomic E-state index is 0.0109. The summed E-state index contributed by atoms with van der Waals surface area (Å²) < 4.78 is 51.7. The maximum atomic E-state index is 13.9. The molecule has 0 amide bonds. The van der Waals surface area contributed by atoms with Crippen molar-refractivity contribution in [3.8, 4) is 0 Å². The van der Waals surface area contributed by atoms with Crippen LogP contribution in [0, 0.1) is 5.82 Å². The predicted molar refractivity (Wildman–Crippen MR) is 157 cm³/mol. The third-order valence-electron chi connectivity index (χ3n) is 6.14. The number of carbonyl (C=O) groups excluding carboxylic acids is 1. The number of ether oxygens (including phenoxy) is 1. The maximum absolute atomic E-state index is 13.9. The Hall–Kier alpha value is -3.65. The smallest absolute Gasteiger partial charge is 0.455 e. The van der Waals surface area contributed by atoms with Gasteiger partial charge in [-0.2, -0.15) is 0 Å². The van der Waals surface area contributed by atoms with Crippen LogP contribution in [-0.2, 0) is 42.5 Å². The van der Waals surface area contributed by atoms with E-state index in [0.29, 0.717) is 10.4 Å². The van der Waals surface area contributed by atoms with Gasteiger partial charge in [0.15, 0.2) is 0 Å². The van der Waals surface area contributed by atoms with Gasteiger partial charge in [-0.15, -0.1) is 11.3 Å². The molecule has 0 radical (unpaired) electrons. The van der Waals surface area contributed by atoms with Crippen molar-refractivity contribution in [2.75, 3.05) is 6.61 Å². The van der Waals surface area contributed by atoms with Crippen LogP contribution in [0.25, 0.3) is 10.1 Å². The molecule has 41 heavy (non-hydrogen) atoms. The van der Waals surface area contributed by atoms with Gasteiger partial charge in [-0.25, -0.2) is 13.8 Å². The van der Waals surface area contributed by atoms with E-state index in [1.807, 2.05) is 84.9 Å². The summed E-state index contributed by atoms with van der Waals surface area (Å²) in [5.41, 5.74) is 2.16. The first-order valence-corrected chi connectivity index (χ1v) is 15.3. The van der Waals surface area contributed by atoms with Crippen molar-refractivity contribution in [3.05, 3.63) is 143 Å². The van der Waals surface area contributed by atoms with Gasteiger partial charge in [0.05, 0.1) is 19.8 Å². The van der Waals surface area contributed by atoms with E-state index >= 15 is 0 Å². The Morgan fingerprint density at radius 1 is 0.732 bits per heavy atom. The maximum Gasteiger partial charge on any atom is 0.475 e. The molecule has 210 valence electrons. The Morgan fingerprint density at radius 3 is 1.98 bits per heavy atom. The molecule has 0 fully saturated rings. The summed E-state index contributed by atoms with van der Waals surface area (Å²) in [5, 5.41) is 0.926. The van der Waals surface area contributed by atoms with Crippen LogP contribution in [0.3, 0.4) is 0 Å². The molecule has 0 bridgehead atoms. The number of fused-ring (bicyclic) bond motifs is 1. The SMILES string of the molecule is O=C(O[C@@H](COP(=O)(OCc1ccccc1)OCc1ccccc1)Cc1cccc(F)c1)c1cc2ccccc2s1. The largest absolute Gasteiger partial charge is 0.475 e. The summed E-state index contributed by atoms with van der Waals surface area (Å²) in [4.78, 5) is 13.6. The lowest BCUT2D eigenvalue weighted by molar-refractivity contribution is 0.00827. The second-order valence-corrected chi connectivity index (χ2v) is 12.0. The number of hydrogen-bond acceptors (Lipinski definition) is 7. The van der Waals surface area contributed by atoms with Crippen LogP contribution in [0.2, 0.25) is 0 Å². The highest BCUT2D eigenvalue weighted by atomic mass is 32.1. The molecule has 0 spiro atoms. The van der Waals surface area contributed by atoms with Crippen molar-refractivity contribution in [1.82, 2.24) is 0 Å². The third-order valence-corrected chi connectivity index (χ3v) is 8.59. The standard InChI is InChI=1S/C32H28FO6PS/c33-28-16-9-14-26(18-28)19-29(39-32(34)31-20-27-15-7-8-17-30(27)41-31)23-38-40(35,36-21-24-10-3-1-4-11-24)37-22-25-12-5-2-6-13-25/h1-18,20,29H,19,21-23H2/t29-/m1/s1. The average molecular weight is 591 g/mol. The van der Waals surface area contributed by atoms with Gasteiger partial charge < -0.3 is 4.74 Å². The minimum Gasteiger partial charge on any atom is -0.455 e. The van der Waals surface area contributed by atoms with E-state index in [0.717, 1.165) is 21.2 Å². The van der Waals surface area contributed by atoms with Crippen LogP contribution in [-0.4, -0.2) is 18.7 Å². The van der Waals surface area contributed by atoms with Crippen LogP contribution in [0.4, 0.5) is 4.39 Å². The summed E-state index contributed by atoms with van der Waals surface area (Å²) in [5.74, 6) is -0.970. The molecule has 4 aromatic carbocycles. The molecular formula is C32H28FO6PS. The molecule has 1 atom stereocenters. The average Bonchev–Trinajstić information content (AvgIpc) is 3.44. The Bertz CT molecular complexity index is 1540. The second kappa shape index (κ2) is 13.8. The Labute approximate surface area is 241 Å². The van der Waals surface area contributed by atoms with E-state index < -0.39 is 25.7 Å². The third kappa shape index (κ3) is 8.43. The lowest BCUT2D eigenvalue weighted by Crippen LogP contribution is -2.26. The summed E-state index contributed by atoms with van der Waals surface area (Å²) >= 11 is 1.31. The number of phosphoric ester groups is 1. The van der Waals surface area contributed by atoms with Gasteiger partial charge in [-0.1, -0.05) is 91.0 Å². The van der Waals surface area contributed by atoms with Gasteiger partial charge >= 0.3 is 13.8 Å². The summed E-state index contributed by atoms with van der Waals surface area (Å²) in [7, 11) is -4.12. The molecule has 0 aliphatic carbocycles. The highest BCUT2D eigenvalue weighted by Crippen LogP contribution is 2.51. The monoisotopic (exact) mass is 590 g/mol. The highest BCUT2D eigenvalue weighted by molar-refractivity contribution is 7.48. The molecule has 5 rings (SSSR count). The quantitative estimate of drug-likeness (QED) is 0.101. The lowest BCUT2D eigenvalue weighted by Gasteiger charge is -2.22. The zero-order valence-corrected chi connectivity index (χ0v) is 23.8. The first-order valence-electron chi connectivity index (χ1n) is 13.0. The number of hydrogen-bond donors (Lipinski definition) is 0. The summed E-state index contributed by atoms with van der Waals surface area (Å²) in [6.07, 6.45) is -0.769. The fraction of sp³-hybridized carbons (Fsp3) is 0.156. The van der Waals surface area contributed by atoms with E-state index in [-0.39, 0.29) is 26.2 Å². The highest BCUT2D eigenvalue weighted by Gasteiger charge is 2.30. The normalized spacial score (nSPS) is 12.3. The Kier molecular flexibility index (Phi) is 9.72. The van der Waals surface area contributed by atoms with Crippen molar-refractivity contribution < 1.29 is 32.1 Å². The number of phosphoric acid groups is 1. The molecule has 9 heteroatoms. The number of thiophene rings is 1. The number of esters is 1. The van der Waals surface area contributed by atoms with Crippen molar-refractivity contribution in [2.45, 2.75) is 25.7 Å². The second-order valence-electron chi connectivity index (χ2n) is 9.27. The zero-order chi connectivity index (χ0) is 28.5. The van der Waals surface area contributed by atoms with Gasteiger partial charge in [0.2, 0.25) is 0 Å². The van der Waals surface area contributed by atoms with E-state index in [1.165, 1.54) is 23.5 Å². The van der Waals surface area contributed by atoms with Crippen LogP contribution in [0.15, 0.2) is 115 Å². The molecule has 0 N–H and O–H groups in total. The number of rotatable bonds is 13. The molecule has 0 aliphatic rings. The first kappa shape index (κ1) is 28.9. The van der Waals surface area contributed by atoms with Gasteiger partial charge in [0, 0.05) is 11.1 Å². The van der Waals surface area contributed by atoms with E-state index in [2.05, 4.69) is 0 Å². The fourth-order valence-corrected chi connectivity index (χ4v) is 6.23. The van der Waals surface area contributed by atoms with Crippen molar-refractivity contribution in [3.63, 3.8) is 0 Å². The molecule has 1 heterocycles. The Balaban J connectivity index is 1.33. The van der Waals surface area contributed by atoms with Crippen molar-refractivity contribution in [2.24, 2.45) is 0 Å². The van der Waals surface area contributed by atoms with Gasteiger partial charge in [0.25, 0.3) is 0 Å². The molecule has 0 saturated heterocycles. The van der Waals surface area contributed by atoms with Crippen LogP contribution in [0.5, 0.6) is 0 Å². The molecule has 6 nitrogen and oxygen atoms in total. The lowest BCUT2D eigenvalue weighted by atomic mass is 10.1. The summed E-state index contributed by atoms with van der Waals surface area (Å²) in [6, 6.07) is 33.8. The molecule has 0 aliphatic heterocycles. The summed E-state index contributed by atoms with van der Waals surface area (Å²) in [6.45, 7) is -0.319. The van der Waals surface area contributed by atoms with E-state index in [4.69, 9.17) is 18.3 Å². The molecule has 0 unspecified atom stereocenters. The topological polar surface area (TPSA) is 71.1 Å². The van der Waals surface area contributed by atoms with Crippen LogP contribution >= 0.6 is 19.2 Å². The molecule has 1 aromatic heterocycles. The molecule has 0 saturated carbocycles. The van der Waals surface area contributed by atoms with Crippen molar-refractivity contribution >= 4 is 35.2 Å². The van der Waals surface area contributed by atoms with E-state index in [1.54, 1.807) is 18.2 Å². The molecular weight excluding hydrogens is 562 g/mol. The predicted octanol–water partition coefficient (Wildman–Crippen LogP) is 8.37. The zero-order valence-electron chi connectivity index (χ0n) is 22.1. The van der Waals surface area contributed by atoms with Gasteiger partial charge in [0.1, 0.15) is 16.8 Å². The van der Waals surface area contributed by atoms with Crippen LogP contribution in [0.1, 0.15) is 26.4 Å². The van der Waals surface area contributed by atoms with Crippen LogP contribution < -0.4 is 0 Å². The van der Waals surface area contributed by atoms with Crippen molar-refractivity contribution in [1.29, 1.82) is 0 Å². The fourth-order valence-electron chi connectivity index (χ4n) is 4.10. The minimum atomic E-state index is -4.12. The van der Waals surface area contributed by atoms with Gasteiger partial charge in [-0.05, 0) is 46.3 Å². The van der Waals surface area contributed by atoms with E-state index in [9.17, 15) is 13.8 Å².